The number of nitrogens with zero attached hydrogens (tertiary/aromatic N) is 4. The summed E-state index contributed by atoms with van der Waals surface area (Å²) in [6, 6.07) is 14.6. The Morgan fingerprint density at radius 2 is 1.69 bits per heavy atom. The number of nitrogens with one attached hydrogen (secondary N) is 1. The Morgan fingerprint density at radius 3 is 2.36 bits per heavy atom. The van der Waals surface area contributed by atoms with Crippen LogP contribution in [0.15, 0.2) is 53.9 Å². The number of benzene rings is 2. The maximum absolute atomic E-state index is 13.5. The highest BCUT2D eigenvalue weighted by Crippen LogP contribution is 2.28. The molecule has 0 saturated carbocycles. The van der Waals surface area contributed by atoms with Crippen LogP contribution in [-0.4, -0.2) is 70.1 Å². The van der Waals surface area contributed by atoms with Gasteiger partial charge in [0.25, 0.3) is 5.91 Å². The number of carbonyl (C=O) groups excluding carboxylic acids is 3. The lowest BCUT2D eigenvalue weighted by molar-refractivity contribution is -0.138. The summed E-state index contributed by atoms with van der Waals surface area (Å²) < 4.78 is 0. The summed E-state index contributed by atoms with van der Waals surface area (Å²) in [5, 5.41) is 6.16. The van der Waals surface area contributed by atoms with Gasteiger partial charge in [0.1, 0.15) is 12.2 Å². The molecule has 0 bridgehead atoms. The predicted octanol–water partition coefficient (Wildman–Crippen LogP) is 4.53. The van der Waals surface area contributed by atoms with E-state index in [9.17, 15) is 14.4 Å². The molecule has 3 amide bonds. The van der Waals surface area contributed by atoms with Gasteiger partial charge >= 0.3 is 0 Å². The van der Waals surface area contributed by atoms with E-state index < -0.39 is 0 Å². The quantitative estimate of drug-likeness (QED) is 0.471. The van der Waals surface area contributed by atoms with Crippen LogP contribution in [0.4, 0.5) is 10.8 Å². The molecule has 1 N–H and O–H groups in total. The largest absolute Gasteiger partial charge is 0.339 e. The van der Waals surface area contributed by atoms with Gasteiger partial charge in [-0.25, -0.2) is 4.98 Å². The van der Waals surface area contributed by atoms with Crippen LogP contribution in [0, 0.1) is 0 Å². The van der Waals surface area contributed by atoms with Gasteiger partial charge in [-0.2, -0.15) is 0 Å². The normalized spacial score (nSPS) is 13.4. The van der Waals surface area contributed by atoms with Crippen LogP contribution in [0.1, 0.15) is 23.0 Å². The monoisotopic (exact) mass is 545 g/mol. The maximum Gasteiger partial charge on any atom is 0.274 e. The molecule has 0 atom stereocenters. The second-order valence-electron chi connectivity index (χ2n) is 8.33. The highest BCUT2D eigenvalue weighted by Gasteiger charge is 2.27. The third-order valence-corrected chi connectivity index (χ3v) is 7.30. The van der Waals surface area contributed by atoms with E-state index in [1.54, 1.807) is 33.4 Å². The molecule has 1 aliphatic rings. The Kier molecular flexibility index (Phi) is 8.45. The third kappa shape index (κ3) is 6.54. The highest BCUT2D eigenvalue weighted by atomic mass is 35.5. The number of aromatic nitrogens is 1. The molecule has 188 valence electrons. The molecule has 0 unspecified atom stereocenters. The molecule has 0 radical (unpaired) electrons. The molecular weight excluding hydrogens is 521 g/mol. The molecule has 3 aromatic rings. The summed E-state index contributed by atoms with van der Waals surface area (Å²) in [6.07, 6.45) is 0. The summed E-state index contributed by atoms with van der Waals surface area (Å²) in [5.41, 5.74) is 1.84. The first kappa shape index (κ1) is 25.9. The molecule has 1 fully saturated rings. The molecule has 1 aliphatic heterocycles. The van der Waals surface area contributed by atoms with E-state index in [1.807, 2.05) is 30.3 Å². The number of halogens is 2. The first-order chi connectivity index (χ1) is 17.3. The number of rotatable bonds is 7. The summed E-state index contributed by atoms with van der Waals surface area (Å²) in [5.74, 6) is -0.503. The first-order valence-electron chi connectivity index (χ1n) is 11.3. The number of amides is 3. The molecule has 1 saturated heterocycles. The second kappa shape index (κ2) is 11.7. The molecule has 11 heteroatoms. The van der Waals surface area contributed by atoms with Crippen molar-refractivity contribution in [1.29, 1.82) is 0 Å². The molecule has 1 aromatic heterocycles. The number of hydrogen-bond donors (Lipinski definition) is 1. The van der Waals surface area contributed by atoms with Crippen molar-refractivity contribution >= 4 is 63.1 Å². The molecule has 36 heavy (non-hydrogen) atoms. The minimum absolute atomic E-state index is 0.00296. The summed E-state index contributed by atoms with van der Waals surface area (Å²) in [7, 11) is 0. The number of carbonyl (C=O) groups is 3. The van der Waals surface area contributed by atoms with Gasteiger partial charge in [0.05, 0.1) is 10.0 Å². The van der Waals surface area contributed by atoms with Crippen molar-refractivity contribution in [2.75, 3.05) is 38.0 Å². The average molecular weight is 546 g/mol. The van der Waals surface area contributed by atoms with E-state index in [-0.39, 0.29) is 36.5 Å². The third-order valence-electron chi connectivity index (χ3n) is 5.80. The SMILES string of the molecule is CC(=O)N1CCN(C(=O)CN(Cc2ccccc2)C(=O)c2csc(Nc3ccc(Cl)c(Cl)c3)n2)CC1. The van der Waals surface area contributed by atoms with Crippen molar-refractivity contribution in [2.45, 2.75) is 13.5 Å². The maximum atomic E-state index is 13.5. The van der Waals surface area contributed by atoms with Crippen molar-refractivity contribution < 1.29 is 14.4 Å². The molecule has 2 heterocycles. The van der Waals surface area contributed by atoms with Gasteiger partial charge in [0.15, 0.2) is 5.13 Å². The fourth-order valence-corrected chi connectivity index (χ4v) is 4.83. The second-order valence-corrected chi connectivity index (χ2v) is 10.00. The highest BCUT2D eigenvalue weighted by molar-refractivity contribution is 7.14. The van der Waals surface area contributed by atoms with E-state index in [2.05, 4.69) is 10.3 Å². The molecule has 0 spiro atoms. The van der Waals surface area contributed by atoms with Gasteiger partial charge in [-0.05, 0) is 23.8 Å². The van der Waals surface area contributed by atoms with Crippen molar-refractivity contribution in [1.82, 2.24) is 19.7 Å². The van der Waals surface area contributed by atoms with Crippen molar-refractivity contribution in [3.05, 3.63) is 75.2 Å². The van der Waals surface area contributed by atoms with E-state index in [0.717, 1.165) is 5.56 Å². The predicted molar refractivity (Wildman–Crippen MR) is 142 cm³/mol. The van der Waals surface area contributed by atoms with Gasteiger partial charge in [-0.1, -0.05) is 53.5 Å². The van der Waals surface area contributed by atoms with Gasteiger partial charge < -0.3 is 20.0 Å². The van der Waals surface area contributed by atoms with E-state index in [1.165, 1.54) is 23.2 Å². The summed E-state index contributed by atoms with van der Waals surface area (Å²) in [4.78, 5) is 47.5. The zero-order chi connectivity index (χ0) is 25.7. The lowest BCUT2D eigenvalue weighted by Gasteiger charge is -2.35. The van der Waals surface area contributed by atoms with Crippen LogP contribution in [-0.2, 0) is 16.1 Å². The molecule has 2 aromatic carbocycles. The van der Waals surface area contributed by atoms with Crippen LogP contribution in [0.25, 0.3) is 0 Å². The van der Waals surface area contributed by atoms with Crippen LogP contribution in [0.2, 0.25) is 10.0 Å². The molecule has 4 rings (SSSR count). The topological polar surface area (TPSA) is 85.9 Å². The number of hydrogen-bond acceptors (Lipinski definition) is 6. The fourth-order valence-electron chi connectivity index (χ4n) is 3.83. The van der Waals surface area contributed by atoms with E-state index >= 15 is 0 Å². The Bertz CT molecular complexity index is 1250. The Labute approximate surface area is 223 Å². The number of anilines is 2. The van der Waals surface area contributed by atoms with Crippen molar-refractivity contribution in [2.24, 2.45) is 0 Å². The van der Waals surface area contributed by atoms with E-state index in [0.29, 0.717) is 47.0 Å². The number of piperazine rings is 1. The fraction of sp³-hybridized carbons (Fsp3) is 0.280. The van der Waals surface area contributed by atoms with Crippen LogP contribution in [0.5, 0.6) is 0 Å². The zero-order valence-electron chi connectivity index (χ0n) is 19.6. The molecule has 0 aliphatic carbocycles. The van der Waals surface area contributed by atoms with Gasteiger partial charge in [-0.15, -0.1) is 11.3 Å². The van der Waals surface area contributed by atoms with Crippen LogP contribution in [0.3, 0.4) is 0 Å². The average Bonchev–Trinajstić information content (AvgIpc) is 3.34. The molecular formula is C25H25Cl2N5O3S. The smallest absolute Gasteiger partial charge is 0.274 e. The van der Waals surface area contributed by atoms with Crippen molar-refractivity contribution in [3.8, 4) is 0 Å². The minimum Gasteiger partial charge on any atom is -0.339 e. The lowest BCUT2D eigenvalue weighted by Crippen LogP contribution is -2.52. The summed E-state index contributed by atoms with van der Waals surface area (Å²) in [6.45, 7) is 3.58. The standard InChI is InChI=1S/C25H25Cl2N5O3S/c1-17(33)30-9-11-31(12-10-30)23(34)15-32(14-18-5-3-2-4-6-18)24(35)22-16-36-25(29-22)28-19-7-8-20(26)21(27)13-19/h2-8,13,16H,9-12,14-15H2,1H3,(H,28,29). The van der Waals surface area contributed by atoms with E-state index in [4.69, 9.17) is 23.2 Å². The first-order valence-corrected chi connectivity index (χ1v) is 13.0. The zero-order valence-corrected chi connectivity index (χ0v) is 21.9. The van der Waals surface area contributed by atoms with Crippen LogP contribution < -0.4 is 5.32 Å². The Hall–Kier alpha value is -3.14. The molecule has 8 nitrogen and oxygen atoms in total. The minimum atomic E-state index is -0.340. The van der Waals surface area contributed by atoms with Crippen molar-refractivity contribution in [3.63, 3.8) is 0 Å². The lowest BCUT2D eigenvalue weighted by atomic mass is 10.2. The van der Waals surface area contributed by atoms with Gasteiger partial charge in [-0.3, -0.25) is 14.4 Å². The number of thiazole rings is 1. The van der Waals surface area contributed by atoms with Gasteiger partial charge in [0, 0.05) is 50.7 Å². The van der Waals surface area contributed by atoms with Gasteiger partial charge in [0.2, 0.25) is 11.8 Å². The Balaban J connectivity index is 1.47. The Morgan fingerprint density at radius 1 is 1.00 bits per heavy atom. The van der Waals surface area contributed by atoms with Crippen LogP contribution >= 0.6 is 34.5 Å². The summed E-state index contributed by atoms with van der Waals surface area (Å²) >= 11 is 13.3.